The summed E-state index contributed by atoms with van der Waals surface area (Å²) in [6.45, 7) is 11.8. The van der Waals surface area contributed by atoms with Crippen molar-refractivity contribution in [3.63, 3.8) is 0 Å². The van der Waals surface area contributed by atoms with E-state index >= 15 is 0 Å². The van der Waals surface area contributed by atoms with Crippen LogP contribution in [0.3, 0.4) is 0 Å². The monoisotopic (exact) mass is 379 g/mol. The van der Waals surface area contributed by atoms with Gasteiger partial charge in [0.15, 0.2) is 0 Å². The van der Waals surface area contributed by atoms with Gasteiger partial charge in [-0.25, -0.2) is 8.42 Å². The lowest BCUT2D eigenvalue weighted by Gasteiger charge is -2.21. The van der Waals surface area contributed by atoms with Crippen LogP contribution in [0.5, 0.6) is 0 Å². The van der Waals surface area contributed by atoms with Crippen molar-refractivity contribution in [2.45, 2.75) is 58.3 Å². The van der Waals surface area contributed by atoms with Crippen molar-refractivity contribution in [2.24, 2.45) is 0 Å². The fourth-order valence-corrected chi connectivity index (χ4v) is 4.55. The number of benzene rings is 2. The van der Waals surface area contributed by atoms with E-state index in [9.17, 15) is 8.42 Å². The van der Waals surface area contributed by atoms with Crippen molar-refractivity contribution in [3.05, 3.63) is 57.6 Å². The highest BCUT2D eigenvalue weighted by Gasteiger charge is 2.23. The summed E-state index contributed by atoms with van der Waals surface area (Å²) in [5, 5.41) is 0.571. The third-order valence-corrected chi connectivity index (χ3v) is 6.25. The van der Waals surface area contributed by atoms with E-state index in [2.05, 4.69) is 32.4 Å². The Morgan fingerprint density at radius 3 is 1.92 bits per heavy atom. The van der Waals surface area contributed by atoms with Gasteiger partial charge in [0.1, 0.15) is 0 Å². The second-order valence-electron chi connectivity index (χ2n) is 7.09. The van der Waals surface area contributed by atoms with Gasteiger partial charge in [0, 0.05) is 5.02 Å². The van der Waals surface area contributed by atoms with Gasteiger partial charge in [0.2, 0.25) is 0 Å². The number of nitrogens with one attached hydrogen (secondary N) is 1. The quantitative estimate of drug-likeness (QED) is 0.691. The van der Waals surface area contributed by atoms with E-state index in [0.717, 1.165) is 16.7 Å². The van der Waals surface area contributed by atoms with Gasteiger partial charge >= 0.3 is 0 Å². The molecule has 0 fully saturated rings. The zero-order chi connectivity index (χ0) is 18.9. The van der Waals surface area contributed by atoms with Crippen molar-refractivity contribution in [1.29, 1.82) is 0 Å². The van der Waals surface area contributed by atoms with E-state index in [0.29, 0.717) is 16.3 Å². The molecule has 0 radical (unpaired) electrons. The van der Waals surface area contributed by atoms with E-state index in [4.69, 9.17) is 11.6 Å². The fraction of sp³-hybridized carbons (Fsp3) is 0.400. The number of para-hydroxylation sites is 1. The van der Waals surface area contributed by atoms with E-state index in [1.165, 1.54) is 0 Å². The minimum atomic E-state index is -3.70. The molecule has 2 rings (SSSR count). The Balaban J connectivity index is 2.61. The number of aryl methyl sites for hydroxylation is 2. The zero-order valence-electron chi connectivity index (χ0n) is 15.6. The zero-order valence-corrected chi connectivity index (χ0v) is 17.2. The lowest BCUT2D eigenvalue weighted by Crippen LogP contribution is -2.18. The molecular formula is C20H26ClNO2S. The van der Waals surface area contributed by atoms with E-state index in [1.54, 1.807) is 19.1 Å². The van der Waals surface area contributed by atoms with Crippen LogP contribution in [0.1, 0.15) is 61.8 Å². The molecule has 136 valence electrons. The van der Waals surface area contributed by atoms with Crippen molar-refractivity contribution in [1.82, 2.24) is 0 Å². The van der Waals surface area contributed by atoms with Crippen LogP contribution >= 0.6 is 11.6 Å². The summed E-state index contributed by atoms with van der Waals surface area (Å²) in [5.41, 5.74) is 4.07. The molecule has 0 saturated carbocycles. The molecule has 0 bridgehead atoms. The fourth-order valence-electron chi connectivity index (χ4n) is 2.90. The van der Waals surface area contributed by atoms with Gasteiger partial charge in [0.25, 0.3) is 10.0 Å². The predicted octanol–water partition coefficient (Wildman–Crippen LogP) is 6.00. The smallest absolute Gasteiger partial charge is 0.262 e. The molecule has 5 heteroatoms. The van der Waals surface area contributed by atoms with Crippen LogP contribution in [0.2, 0.25) is 5.02 Å². The molecule has 0 aliphatic carbocycles. The van der Waals surface area contributed by atoms with Crippen molar-refractivity contribution in [3.8, 4) is 0 Å². The molecule has 2 aromatic rings. The highest BCUT2D eigenvalue weighted by molar-refractivity contribution is 7.92. The molecule has 0 aromatic heterocycles. The van der Waals surface area contributed by atoms with E-state index in [-0.39, 0.29) is 16.7 Å². The average molecular weight is 380 g/mol. The molecule has 0 spiro atoms. The standard InChI is InChI=1S/C20H26ClNO2S/c1-12(2)16-8-7-9-17(13(3)4)20(16)22-25(23,24)19-11-14(5)18(21)10-15(19)6/h7-13,22H,1-6H3. The van der Waals surface area contributed by atoms with Gasteiger partial charge < -0.3 is 0 Å². The van der Waals surface area contributed by atoms with Crippen LogP contribution in [-0.4, -0.2) is 8.42 Å². The molecule has 2 aromatic carbocycles. The first-order chi connectivity index (χ1) is 11.5. The summed E-state index contributed by atoms with van der Waals surface area (Å²) in [4.78, 5) is 0.266. The third-order valence-electron chi connectivity index (χ3n) is 4.36. The average Bonchev–Trinajstić information content (AvgIpc) is 2.50. The lowest BCUT2D eigenvalue weighted by atomic mass is 9.93. The van der Waals surface area contributed by atoms with Gasteiger partial charge in [-0.3, -0.25) is 4.72 Å². The van der Waals surface area contributed by atoms with Crippen LogP contribution in [0, 0.1) is 13.8 Å². The Morgan fingerprint density at radius 1 is 0.920 bits per heavy atom. The summed E-state index contributed by atoms with van der Waals surface area (Å²) < 4.78 is 29.0. The maximum atomic E-state index is 13.1. The molecule has 0 unspecified atom stereocenters. The number of rotatable bonds is 5. The molecular weight excluding hydrogens is 354 g/mol. The Bertz CT molecular complexity index is 861. The first-order valence-electron chi connectivity index (χ1n) is 8.47. The highest BCUT2D eigenvalue weighted by atomic mass is 35.5. The summed E-state index contributed by atoms with van der Waals surface area (Å²) in [6.07, 6.45) is 0. The van der Waals surface area contributed by atoms with Crippen molar-refractivity contribution >= 4 is 27.3 Å². The number of halogens is 1. The largest absolute Gasteiger partial charge is 0.279 e. The molecule has 0 saturated heterocycles. The molecule has 0 aliphatic rings. The summed E-state index contributed by atoms with van der Waals surface area (Å²) in [5.74, 6) is 0.425. The molecule has 3 nitrogen and oxygen atoms in total. The summed E-state index contributed by atoms with van der Waals surface area (Å²) >= 11 is 6.11. The van der Waals surface area contributed by atoms with Crippen LogP contribution in [0.25, 0.3) is 0 Å². The molecule has 25 heavy (non-hydrogen) atoms. The van der Waals surface area contributed by atoms with Gasteiger partial charge in [-0.15, -0.1) is 0 Å². The first kappa shape index (κ1) is 19.8. The Morgan fingerprint density at radius 2 is 1.44 bits per heavy atom. The number of hydrogen-bond donors (Lipinski definition) is 1. The normalized spacial score (nSPS) is 12.0. The summed E-state index contributed by atoms with van der Waals surface area (Å²) in [6, 6.07) is 9.28. The molecule has 0 atom stereocenters. The minimum Gasteiger partial charge on any atom is -0.279 e. The van der Waals surface area contributed by atoms with Crippen LogP contribution < -0.4 is 4.72 Å². The van der Waals surface area contributed by atoms with Gasteiger partial charge in [-0.05, 0) is 60.1 Å². The van der Waals surface area contributed by atoms with E-state index < -0.39 is 10.0 Å². The highest BCUT2D eigenvalue weighted by Crippen LogP contribution is 2.34. The Hall–Kier alpha value is -1.52. The number of hydrogen-bond acceptors (Lipinski definition) is 2. The predicted molar refractivity (Wildman–Crippen MR) is 106 cm³/mol. The number of sulfonamides is 1. The number of anilines is 1. The second-order valence-corrected chi connectivity index (χ2v) is 9.15. The summed E-state index contributed by atoms with van der Waals surface area (Å²) in [7, 11) is -3.70. The minimum absolute atomic E-state index is 0.212. The van der Waals surface area contributed by atoms with Crippen molar-refractivity contribution < 1.29 is 8.42 Å². The maximum Gasteiger partial charge on any atom is 0.262 e. The van der Waals surface area contributed by atoms with E-state index in [1.807, 2.05) is 25.1 Å². The van der Waals surface area contributed by atoms with Gasteiger partial charge in [-0.1, -0.05) is 57.5 Å². The molecule has 0 aliphatic heterocycles. The van der Waals surface area contributed by atoms with Crippen LogP contribution in [-0.2, 0) is 10.0 Å². The molecule has 0 amide bonds. The Kier molecular flexibility index (Phi) is 5.85. The third kappa shape index (κ3) is 4.18. The topological polar surface area (TPSA) is 46.2 Å². The molecule has 1 N–H and O–H groups in total. The first-order valence-corrected chi connectivity index (χ1v) is 10.3. The van der Waals surface area contributed by atoms with Gasteiger partial charge in [-0.2, -0.15) is 0 Å². The van der Waals surface area contributed by atoms with Crippen LogP contribution in [0.4, 0.5) is 5.69 Å². The second kappa shape index (κ2) is 7.38. The SMILES string of the molecule is Cc1cc(S(=O)(=O)Nc2c(C(C)C)cccc2C(C)C)c(C)cc1Cl. The molecule has 0 heterocycles. The van der Waals surface area contributed by atoms with Gasteiger partial charge in [0.05, 0.1) is 10.6 Å². The maximum absolute atomic E-state index is 13.1. The van der Waals surface area contributed by atoms with Crippen molar-refractivity contribution in [2.75, 3.05) is 4.72 Å². The Labute approximate surface area is 156 Å². The van der Waals surface area contributed by atoms with Crippen LogP contribution in [0.15, 0.2) is 35.2 Å². The lowest BCUT2D eigenvalue weighted by molar-refractivity contribution is 0.600.